The van der Waals surface area contributed by atoms with Crippen LogP contribution in [-0.4, -0.2) is 30.2 Å². The van der Waals surface area contributed by atoms with Crippen molar-refractivity contribution in [3.63, 3.8) is 0 Å². The number of fused-ring (bicyclic) bond motifs is 10. The minimum atomic E-state index is -0.404. The summed E-state index contributed by atoms with van der Waals surface area (Å²) in [6, 6.07) is 26.5. The smallest absolute Gasteiger partial charge is 1.00 e. The van der Waals surface area contributed by atoms with Crippen molar-refractivity contribution in [1.82, 2.24) is 0 Å². The van der Waals surface area contributed by atoms with Gasteiger partial charge >= 0.3 is 29.6 Å². The van der Waals surface area contributed by atoms with Gasteiger partial charge < -0.3 is 11.6 Å². The van der Waals surface area contributed by atoms with Gasteiger partial charge in [0.1, 0.15) is 0 Å². The van der Waals surface area contributed by atoms with Crippen LogP contribution in [0.15, 0.2) is 72.8 Å². The summed E-state index contributed by atoms with van der Waals surface area (Å²) < 4.78 is 0. The standard InChI is InChI=1S/C30H42O2.C30H38O2.CH4.B.Na.H2.H/c2*1-3-5-7-9-11-21-13-15-23-25-20-30(32)28-18-22(12-10-8-6-4-2)14-16-24(28)26(25)19-29(31)27(23)17-21;;;;;/h13-18,25-26,29-32H,3-12,19-20H2,1-2H3;13-18,25-26H,3-12,19-20H2,1-2H3;1H4;;;1H;/q;;;;+1;;-1/i;;;;;1+1;. The number of unbranched alkanes of at least 4 members (excludes halogenated alkanes) is 12. The van der Waals surface area contributed by atoms with Gasteiger partial charge in [0.2, 0.25) is 0 Å². The first-order valence-electron chi connectivity index (χ1n) is 26.2. The second-order valence-corrected chi connectivity index (χ2v) is 20.2. The van der Waals surface area contributed by atoms with Crippen LogP contribution in [0, 0.1) is 0 Å². The van der Waals surface area contributed by atoms with Crippen LogP contribution in [0.4, 0.5) is 0 Å². The molecule has 4 aromatic carbocycles. The maximum absolute atomic E-state index is 13.1. The molecule has 0 amide bonds. The summed E-state index contributed by atoms with van der Waals surface area (Å²) in [7, 11) is 0. The van der Waals surface area contributed by atoms with E-state index in [2.05, 4.69) is 100 Å². The Labute approximate surface area is 434 Å². The molecule has 4 aliphatic rings. The van der Waals surface area contributed by atoms with Gasteiger partial charge in [0, 0.05) is 33.8 Å². The third kappa shape index (κ3) is 14.2. The van der Waals surface area contributed by atoms with E-state index in [0.29, 0.717) is 24.7 Å². The molecule has 67 heavy (non-hydrogen) atoms. The fourth-order valence-corrected chi connectivity index (χ4v) is 11.8. The van der Waals surface area contributed by atoms with Crippen LogP contribution in [0.5, 0.6) is 0 Å². The van der Waals surface area contributed by atoms with E-state index in [-0.39, 0.29) is 71.7 Å². The van der Waals surface area contributed by atoms with E-state index < -0.39 is 12.2 Å². The molecule has 8 rings (SSSR count). The minimum Gasteiger partial charge on any atom is -1.00 e. The zero-order valence-corrected chi connectivity index (χ0v) is 43.7. The van der Waals surface area contributed by atoms with Gasteiger partial charge in [-0.05, 0) is 156 Å². The van der Waals surface area contributed by atoms with Gasteiger partial charge in [-0.2, -0.15) is 0 Å². The Morgan fingerprint density at radius 2 is 0.731 bits per heavy atom. The van der Waals surface area contributed by atoms with Crippen molar-refractivity contribution in [3.05, 3.63) is 140 Å². The van der Waals surface area contributed by atoms with Crippen molar-refractivity contribution < 1.29 is 52.2 Å². The molecule has 359 valence electrons. The van der Waals surface area contributed by atoms with Crippen molar-refractivity contribution in [2.24, 2.45) is 0 Å². The summed E-state index contributed by atoms with van der Waals surface area (Å²) >= 11 is 0. The van der Waals surface area contributed by atoms with Gasteiger partial charge in [-0.3, -0.25) is 9.59 Å². The fourth-order valence-electron chi connectivity index (χ4n) is 11.8. The normalized spacial score (nSPS) is 20.7. The predicted octanol–water partition coefficient (Wildman–Crippen LogP) is 13.3. The number of rotatable bonds is 20. The Morgan fingerprint density at radius 3 is 1.04 bits per heavy atom. The van der Waals surface area contributed by atoms with E-state index in [1.54, 1.807) is 0 Å². The molecule has 0 saturated heterocycles. The number of aliphatic hydroxyl groups is 2. The number of carbonyl (C=O) groups is 2. The van der Waals surface area contributed by atoms with E-state index in [1.165, 1.54) is 136 Å². The second kappa shape index (κ2) is 28.2. The van der Waals surface area contributed by atoms with E-state index >= 15 is 0 Å². The summed E-state index contributed by atoms with van der Waals surface area (Å²) in [6.45, 7) is 8.95. The average Bonchev–Trinajstić information content (AvgIpc) is 3.31. The monoisotopic (exact) mass is 919 g/mol. The number of aryl methyl sites for hydroxylation is 4. The Morgan fingerprint density at radius 1 is 0.433 bits per heavy atom. The molecule has 0 aliphatic heterocycles. The Hall–Kier alpha value is -2.80. The van der Waals surface area contributed by atoms with Gasteiger partial charge in [-0.25, -0.2) is 0 Å². The largest absolute Gasteiger partial charge is 1.00 e. The van der Waals surface area contributed by atoms with Crippen LogP contribution in [0.2, 0.25) is 0 Å². The first-order valence-corrected chi connectivity index (χ1v) is 26.2. The summed E-state index contributed by atoms with van der Waals surface area (Å²) in [4.78, 5) is 26.3. The van der Waals surface area contributed by atoms with Crippen LogP contribution in [0.25, 0.3) is 0 Å². The number of Topliss-reactive ketones (excluding diaryl/α,β-unsaturated/α-hetero) is 2. The Balaban J connectivity index is 0.000000441. The molecule has 0 fully saturated rings. The van der Waals surface area contributed by atoms with Crippen molar-refractivity contribution in [3.8, 4) is 0 Å². The van der Waals surface area contributed by atoms with Crippen molar-refractivity contribution in [2.75, 3.05) is 0 Å². The van der Waals surface area contributed by atoms with Gasteiger partial charge in [-0.1, -0.05) is 173 Å². The molecule has 0 saturated carbocycles. The molecule has 4 aliphatic carbocycles. The quantitative estimate of drug-likeness (QED) is 0.0684. The molecular formula is C61H87BNaO4. The maximum atomic E-state index is 13.1. The first kappa shape index (κ1) is 56.8. The van der Waals surface area contributed by atoms with Crippen LogP contribution in [0.1, 0.15) is 279 Å². The molecule has 4 aromatic rings. The number of hydrogen-bond donors (Lipinski definition) is 2. The molecule has 0 spiro atoms. The average molecular weight is 919 g/mol. The number of carbonyl (C=O) groups excluding carboxylic acids is 2. The molecule has 0 heterocycles. The van der Waals surface area contributed by atoms with Crippen molar-refractivity contribution in [1.29, 1.82) is 0 Å². The molecule has 6 unspecified atom stereocenters. The first-order chi connectivity index (χ1) is 31.2. The molecular weight excluding hydrogens is 830 g/mol. The number of benzene rings is 4. The van der Waals surface area contributed by atoms with Gasteiger partial charge in [-0.15, -0.1) is 0 Å². The van der Waals surface area contributed by atoms with Gasteiger partial charge in [0.05, 0.1) is 12.2 Å². The minimum absolute atomic E-state index is 0. The zero-order valence-electron chi connectivity index (χ0n) is 42.7. The molecule has 2 N–H and O–H groups in total. The van der Waals surface area contributed by atoms with Crippen molar-refractivity contribution >= 4 is 20.0 Å². The van der Waals surface area contributed by atoms with Crippen molar-refractivity contribution in [2.45, 2.75) is 225 Å². The third-order valence-corrected chi connectivity index (χ3v) is 15.5. The van der Waals surface area contributed by atoms with E-state index in [4.69, 9.17) is 0 Å². The topological polar surface area (TPSA) is 74.6 Å². The van der Waals surface area contributed by atoms with E-state index in [1.807, 2.05) is 0 Å². The van der Waals surface area contributed by atoms with Gasteiger partial charge in [0.15, 0.2) is 11.6 Å². The summed E-state index contributed by atoms with van der Waals surface area (Å²) in [5.74, 6) is 1.40. The summed E-state index contributed by atoms with van der Waals surface area (Å²) in [5, 5.41) is 22.2. The van der Waals surface area contributed by atoms with Crippen LogP contribution in [0.3, 0.4) is 0 Å². The number of aliphatic hydroxyl groups excluding tert-OH is 2. The van der Waals surface area contributed by atoms with Gasteiger partial charge in [0.25, 0.3) is 0 Å². The molecule has 3 radical (unpaired) electrons. The number of hydrogen-bond acceptors (Lipinski definition) is 4. The third-order valence-electron chi connectivity index (χ3n) is 15.5. The number of ketones is 2. The van der Waals surface area contributed by atoms with Crippen LogP contribution >= 0.6 is 0 Å². The summed E-state index contributed by atoms with van der Waals surface area (Å²) in [5.41, 5.74) is 13.9. The second-order valence-electron chi connectivity index (χ2n) is 20.2. The summed E-state index contributed by atoms with van der Waals surface area (Å²) in [6.07, 6.45) is 26.1. The molecule has 6 heteroatoms. The van der Waals surface area contributed by atoms with E-state index in [9.17, 15) is 19.8 Å². The van der Waals surface area contributed by atoms with Crippen LogP contribution < -0.4 is 29.6 Å². The molecule has 0 bridgehead atoms. The maximum Gasteiger partial charge on any atom is 1.00 e. The fraction of sp³-hybridized carbons (Fsp3) is 0.574. The Kier molecular flexibility index (Phi) is 23.9. The molecule has 4 nitrogen and oxygen atoms in total. The predicted molar refractivity (Wildman–Crippen MR) is 281 cm³/mol. The van der Waals surface area contributed by atoms with E-state index in [0.717, 1.165) is 71.9 Å². The zero-order chi connectivity index (χ0) is 45.0. The molecule has 0 aromatic heterocycles. The Bertz CT molecular complexity index is 2040. The molecule has 6 atom stereocenters. The SMILES string of the molecule is C.CCCCCCc1ccc2c(c1)C(=O)CC1c3ccc(CCCCCC)cc3C(=O)CC21.CCCCCCc1ccc2c(c1)C(O)CC1c3ccc(CCCCCC)cc3C(O)CC21.[2HH].[B].[H-].[Na+]. The van der Waals surface area contributed by atoms with Crippen LogP contribution in [-0.2, 0) is 25.7 Å².